The first-order valence-electron chi connectivity index (χ1n) is 6.10. The van der Waals surface area contributed by atoms with E-state index in [1.165, 1.54) is 5.56 Å². The van der Waals surface area contributed by atoms with Gasteiger partial charge in [-0.05, 0) is 43.2 Å². The fourth-order valence-corrected chi connectivity index (χ4v) is 2.09. The Bertz CT molecular complexity index is 540. The van der Waals surface area contributed by atoms with Crippen molar-refractivity contribution in [3.63, 3.8) is 0 Å². The average Bonchev–Trinajstić information content (AvgIpc) is 2.42. The molecule has 1 atom stereocenters. The molecule has 0 bridgehead atoms. The largest absolute Gasteiger partial charge is 0.349 e. The van der Waals surface area contributed by atoms with Gasteiger partial charge in [0.1, 0.15) is 0 Å². The number of hydrogen-bond donors (Lipinski definition) is 1. The third kappa shape index (κ3) is 4.17. The average molecular weight is 319 g/mol. The summed E-state index contributed by atoms with van der Waals surface area (Å²) in [6.07, 6.45) is 4.03. The van der Waals surface area contributed by atoms with Crippen LogP contribution in [0, 0.1) is 0 Å². The van der Waals surface area contributed by atoms with Gasteiger partial charge in [0.25, 0.3) is 5.91 Å². The molecule has 1 amide bonds. The molecule has 0 aliphatic carbocycles. The number of halogens is 1. The van der Waals surface area contributed by atoms with Crippen LogP contribution in [0.2, 0.25) is 0 Å². The van der Waals surface area contributed by atoms with Crippen molar-refractivity contribution in [1.29, 1.82) is 0 Å². The summed E-state index contributed by atoms with van der Waals surface area (Å²) < 4.78 is 1.06. The second-order valence-electron chi connectivity index (χ2n) is 4.45. The smallest absolute Gasteiger partial charge is 0.253 e. The van der Waals surface area contributed by atoms with Gasteiger partial charge in [0.15, 0.2) is 0 Å². The van der Waals surface area contributed by atoms with E-state index in [1.807, 2.05) is 19.1 Å². The lowest BCUT2D eigenvalue weighted by Crippen LogP contribution is -2.34. The number of amides is 1. The molecule has 3 nitrogen and oxygen atoms in total. The number of nitrogens with one attached hydrogen (secondary N) is 1. The van der Waals surface area contributed by atoms with Gasteiger partial charge >= 0.3 is 0 Å². The summed E-state index contributed by atoms with van der Waals surface area (Å²) in [5.74, 6) is -0.0855. The topological polar surface area (TPSA) is 42.0 Å². The maximum Gasteiger partial charge on any atom is 0.253 e. The van der Waals surface area contributed by atoms with Gasteiger partial charge in [-0.1, -0.05) is 28.1 Å². The van der Waals surface area contributed by atoms with Crippen LogP contribution < -0.4 is 5.32 Å². The van der Waals surface area contributed by atoms with Gasteiger partial charge in [-0.2, -0.15) is 0 Å². The number of rotatable bonds is 4. The first-order valence-corrected chi connectivity index (χ1v) is 6.90. The van der Waals surface area contributed by atoms with E-state index in [2.05, 4.69) is 38.4 Å². The quantitative estimate of drug-likeness (QED) is 0.940. The van der Waals surface area contributed by atoms with Crippen LogP contribution in [0.4, 0.5) is 0 Å². The third-order valence-corrected chi connectivity index (χ3v) is 3.29. The Kier molecular flexibility index (Phi) is 4.68. The third-order valence-electron chi connectivity index (χ3n) is 2.76. The molecule has 2 rings (SSSR count). The van der Waals surface area contributed by atoms with Crippen LogP contribution in [-0.2, 0) is 6.42 Å². The first-order chi connectivity index (χ1) is 9.15. The predicted octanol–water partition coefficient (Wildman–Crippen LogP) is 3.21. The maximum atomic E-state index is 11.9. The van der Waals surface area contributed by atoms with Gasteiger partial charge in [0.05, 0.1) is 5.56 Å². The van der Waals surface area contributed by atoms with E-state index in [0.29, 0.717) is 5.56 Å². The molecule has 1 aromatic heterocycles. The monoisotopic (exact) mass is 318 g/mol. The second kappa shape index (κ2) is 6.48. The number of carbonyl (C=O) groups is 1. The molecule has 1 aromatic carbocycles. The van der Waals surface area contributed by atoms with Gasteiger partial charge < -0.3 is 5.32 Å². The molecule has 1 N–H and O–H groups in total. The highest BCUT2D eigenvalue weighted by atomic mass is 79.9. The molecule has 0 aliphatic heterocycles. The van der Waals surface area contributed by atoms with E-state index in [-0.39, 0.29) is 11.9 Å². The van der Waals surface area contributed by atoms with Crippen LogP contribution in [0.5, 0.6) is 0 Å². The van der Waals surface area contributed by atoms with Crippen LogP contribution in [0.25, 0.3) is 0 Å². The summed E-state index contributed by atoms with van der Waals surface area (Å²) >= 11 is 3.41. The van der Waals surface area contributed by atoms with Crippen LogP contribution in [0.1, 0.15) is 22.8 Å². The molecule has 0 radical (unpaired) electrons. The summed E-state index contributed by atoms with van der Waals surface area (Å²) in [6, 6.07) is 11.7. The van der Waals surface area contributed by atoms with E-state index in [1.54, 1.807) is 24.5 Å². The molecule has 0 aliphatic rings. The highest BCUT2D eigenvalue weighted by Gasteiger charge is 2.10. The van der Waals surface area contributed by atoms with Crippen molar-refractivity contribution in [2.75, 3.05) is 0 Å². The van der Waals surface area contributed by atoms with Crippen molar-refractivity contribution in [2.24, 2.45) is 0 Å². The summed E-state index contributed by atoms with van der Waals surface area (Å²) in [6.45, 7) is 2.00. The van der Waals surface area contributed by atoms with Crippen molar-refractivity contribution in [3.05, 3.63) is 64.4 Å². The van der Waals surface area contributed by atoms with Crippen LogP contribution in [0.15, 0.2) is 53.3 Å². The Morgan fingerprint density at radius 2 is 2.05 bits per heavy atom. The molecule has 1 unspecified atom stereocenters. The van der Waals surface area contributed by atoms with Crippen LogP contribution >= 0.6 is 15.9 Å². The van der Waals surface area contributed by atoms with Gasteiger partial charge in [0.2, 0.25) is 0 Å². The standard InChI is InChI=1S/C15H15BrN2O/c1-11(9-12-4-6-14(16)7-5-12)18-15(19)13-3-2-8-17-10-13/h2-8,10-11H,9H2,1H3,(H,18,19). The Hall–Kier alpha value is -1.68. The predicted molar refractivity (Wildman–Crippen MR) is 79.0 cm³/mol. The lowest BCUT2D eigenvalue weighted by Gasteiger charge is -2.14. The molecule has 1 heterocycles. The molecule has 98 valence electrons. The number of hydrogen-bond acceptors (Lipinski definition) is 2. The van der Waals surface area contributed by atoms with Crippen molar-refractivity contribution >= 4 is 21.8 Å². The zero-order valence-corrected chi connectivity index (χ0v) is 12.2. The van der Waals surface area contributed by atoms with E-state index in [0.717, 1.165) is 10.9 Å². The van der Waals surface area contributed by atoms with E-state index < -0.39 is 0 Å². The number of carbonyl (C=O) groups excluding carboxylic acids is 1. The number of benzene rings is 1. The molecular formula is C15H15BrN2O. The fourth-order valence-electron chi connectivity index (χ4n) is 1.83. The van der Waals surface area contributed by atoms with Gasteiger partial charge in [-0.15, -0.1) is 0 Å². The fraction of sp³-hybridized carbons (Fsp3) is 0.200. The molecule has 19 heavy (non-hydrogen) atoms. The van der Waals surface area contributed by atoms with Crippen LogP contribution in [0.3, 0.4) is 0 Å². The first kappa shape index (κ1) is 13.7. The van der Waals surface area contributed by atoms with Crippen molar-refractivity contribution in [2.45, 2.75) is 19.4 Å². The normalized spacial score (nSPS) is 11.9. The lowest BCUT2D eigenvalue weighted by atomic mass is 10.1. The van der Waals surface area contributed by atoms with Gasteiger partial charge in [-0.3, -0.25) is 9.78 Å². The second-order valence-corrected chi connectivity index (χ2v) is 5.36. The highest BCUT2D eigenvalue weighted by Crippen LogP contribution is 2.12. The number of nitrogens with zero attached hydrogens (tertiary/aromatic N) is 1. The SMILES string of the molecule is CC(Cc1ccc(Br)cc1)NC(=O)c1cccnc1. The summed E-state index contributed by atoms with van der Waals surface area (Å²) in [5, 5.41) is 2.97. The van der Waals surface area contributed by atoms with Crippen LogP contribution in [-0.4, -0.2) is 16.9 Å². The molecule has 0 spiro atoms. The molecular weight excluding hydrogens is 304 g/mol. The minimum Gasteiger partial charge on any atom is -0.349 e. The zero-order valence-electron chi connectivity index (χ0n) is 10.6. The molecule has 0 saturated heterocycles. The Morgan fingerprint density at radius 1 is 1.32 bits per heavy atom. The van der Waals surface area contributed by atoms with Gasteiger partial charge in [0, 0.05) is 22.9 Å². The number of pyridine rings is 1. The molecule has 0 saturated carbocycles. The highest BCUT2D eigenvalue weighted by molar-refractivity contribution is 9.10. The summed E-state index contributed by atoms with van der Waals surface area (Å²) in [4.78, 5) is 15.9. The maximum absolute atomic E-state index is 11.9. The molecule has 2 aromatic rings. The molecule has 0 fully saturated rings. The van der Waals surface area contributed by atoms with Crippen molar-refractivity contribution < 1.29 is 4.79 Å². The lowest BCUT2D eigenvalue weighted by molar-refractivity contribution is 0.0939. The zero-order chi connectivity index (χ0) is 13.7. The number of aromatic nitrogens is 1. The van der Waals surface area contributed by atoms with Gasteiger partial charge in [-0.25, -0.2) is 0 Å². The van der Waals surface area contributed by atoms with E-state index >= 15 is 0 Å². The van der Waals surface area contributed by atoms with E-state index in [4.69, 9.17) is 0 Å². The van der Waals surface area contributed by atoms with Crippen molar-refractivity contribution in [3.8, 4) is 0 Å². The summed E-state index contributed by atoms with van der Waals surface area (Å²) in [7, 11) is 0. The molecule has 4 heteroatoms. The Morgan fingerprint density at radius 3 is 2.68 bits per heavy atom. The summed E-state index contributed by atoms with van der Waals surface area (Å²) in [5.41, 5.74) is 1.78. The van der Waals surface area contributed by atoms with E-state index in [9.17, 15) is 4.79 Å². The Labute approximate surface area is 121 Å². The van der Waals surface area contributed by atoms with Crippen molar-refractivity contribution in [1.82, 2.24) is 10.3 Å². The Balaban J connectivity index is 1.92. The minimum atomic E-state index is -0.0855. The minimum absolute atomic E-state index is 0.0777.